The highest BCUT2D eigenvalue weighted by molar-refractivity contribution is 7.89. The number of H-pyrrole nitrogens is 1. The molecule has 0 bridgehead atoms. The fraction of sp³-hybridized carbons (Fsp3) is 0.667. The van der Waals surface area contributed by atoms with Crippen LogP contribution in [0, 0.1) is 5.41 Å². The minimum Gasteiger partial charge on any atom is -0.396 e. The second kappa shape index (κ2) is 4.52. The van der Waals surface area contributed by atoms with Crippen LogP contribution in [0.4, 0.5) is 0 Å². The number of aromatic amines is 1. The largest absolute Gasteiger partial charge is 0.396 e. The van der Waals surface area contributed by atoms with Crippen molar-refractivity contribution >= 4 is 10.0 Å². The van der Waals surface area contributed by atoms with Crippen molar-refractivity contribution in [3.05, 3.63) is 12.4 Å². The second-order valence-electron chi connectivity index (χ2n) is 4.52. The summed E-state index contributed by atoms with van der Waals surface area (Å²) in [6.45, 7) is 3.78. The van der Waals surface area contributed by atoms with Gasteiger partial charge in [-0.25, -0.2) is 12.7 Å². The summed E-state index contributed by atoms with van der Waals surface area (Å²) in [6, 6.07) is 0. The molecule has 1 rings (SSSR count). The molecule has 7 heteroatoms. The van der Waals surface area contributed by atoms with Gasteiger partial charge in [-0.1, -0.05) is 13.8 Å². The van der Waals surface area contributed by atoms with E-state index in [9.17, 15) is 8.42 Å². The van der Waals surface area contributed by atoms with Crippen LogP contribution in [-0.4, -0.2) is 48.2 Å². The third-order valence-electron chi connectivity index (χ3n) is 2.26. The average Bonchev–Trinajstić information content (AvgIpc) is 2.70. The number of hydrogen-bond donors (Lipinski definition) is 2. The van der Waals surface area contributed by atoms with Crippen LogP contribution in [0.15, 0.2) is 17.3 Å². The number of aliphatic hydroxyl groups is 1. The fourth-order valence-electron chi connectivity index (χ4n) is 1.30. The lowest BCUT2D eigenvalue weighted by Gasteiger charge is -2.27. The summed E-state index contributed by atoms with van der Waals surface area (Å²) in [5, 5.41) is 15.2. The minimum atomic E-state index is -3.51. The molecule has 16 heavy (non-hydrogen) atoms. The molecule has 0 aromatic carbocycles. The fourth-order valence-corrected chi connectivity index (χ4v) is 2.56. The molecule has 92 valence electrons. The first-order chi connectivity index (χ1) is 7.29. The van der Waals surface area contributed by atoms with Crippen LogP contribution in [0.2, 0.25) is 0 Å². The van der Waals surface area contributed by atoms with Crippen molar-refractivity contribution in [2.45, 2.75) is 18.7 Å². The summed E-state index contributed by atoms with van der Waals surface area (Å²) >= 11 is 0. The Morgan fingerprint density at radius 2 is 2.19 bits per heavy atom. The van der Waals surface area contributed by atoms with Crippen molar-refractivity contribution in [2.75, 3.05) is 20.2 Å². The van der Waals surface area contributed by atoms with Gasteiger partial charge in [-0.2, -0.15) is 5.10 Å². The van der Waals surface area contributed by atoms with Crippen LogP contribution < -0.4 is 0 Å². The minimum absolute atomic E-state index is 0.0712. The summed E-state index contributed by atoms with van der Waals surface area (Å²) in [5.74, 6) is 0. The normalized spacial score (nSPS) is 13.3. The SMILES string of the molecule is CN(CC(C)(C)CO)S(=O)(=O)c1cn[nH]c1. The third kappa shape index (κ3) is 2.81. The number of aromatic nitrogens is 2. The molecule has 0 saturated heterocycles. The number of rotatable bonds is 5. The van der Waals surface area contributed by atoms with Crippen molar-refractivity contribution in [2.24, 2.45) is 5.41 Å². The molecule has 0 atom stereocenters. The van der Waals surface area contributed by atoms with Crippen LogP contribution in [0.1, 0.15) is 13.8 Å². The zero-order valence-corrected chi connectivity index (χ0v) is 10.5. The van der Waals surface area contributed by atoms with Gasteiger partial charge in [-0.3, -0.25) is 5.10 Å². The number of hydrogen-bond acceptors (Lipinski definition) is 4. The standard InChI is InChI=1S/C9H17N3O3S/c1-9(2,7-13)6-12(3)16(14,15)8-4-10-11-5-8/h4-5,13H,6-7H2,1-3H3,(H,10,11). The van der Waals surface area contributed by atoms with E-state index >= 15 is 0 Å². The van der Waals surface area contributed by atoms with Crippen molar-refractivity contribution < 1.29 is 13.5 Å². The maximum absolute atomic E-state index is 12.0. The van der Waals surface area contributed by atoms with E-state index in [-0.39, 0.29) is 18.0 Å². The lowest BCUT2D eigenvalue weighted by Crippen LogP contribution is -2.37. The van der Waals surface area contributed by atoms with Crippen LogP contribution in [0.3, 0.4) is 0 Å². The monoisotopic (exact) mass is 247 g/mol. The van der Waals surface area contributed by atoms with E-state index in [1.54, 1.807) is 13.8 Å². The van der Waals surface area contributed by atoms with Crippen LogP contribution in [0.25, 0.3) is 0 Å². The van der Waals surface area contributed by atoms with Crippen molar-refractivity contribution in [1.82, 2.24) is 14.5 Å². The first kappa shape index (κ1) is 13.1. The summed E-state index contributed by atoms with van der Waals surface area (Å²) in [4.78, 5) is 0.128. The van der Waals surface area contributed by atoms with E-state index in [4.69, 9.17) is 5.11 Å². The molecule has 0 unspecified atom stereocenters. The van der Waals surface area contributed by atoms with Gasteiger partial charge in [0, 0.05) is 31.8 Å². The molecule has 1 aromatic rings. The van der Waals surface area contributed by atoms with Gasteiger partial charge in [-0.05, 0) is 0 Å². The third-order valence-corrected chi connectivity index (χ3v) is 4.03. The molecule has 0 radical (unpaired) electrons. The number of aliphatic hydroxyl groups excluding tert-OH is 1. The Balaban J connectivity index is 2.86. The lowest BCUT2D eigenvalue weighted by atomic mass is 9.95. The maximum Gasteiger partial charge on any atom is 0.245 e. The van der Waals surface area contributed by atoms with E-state index in [0.717, 1.165) is 0 Å². The molecule has 6 nitrogen and oxygen atoms in total. The van der Waals surface area contributed by atoms with Gasteiger partial charge in [-0.15, -0.1) is 0 Å². The zero-order chi connectivity index (χ0) is 12.4. The number of nitrogens with one attached hydrogen (secondary N) is 1. The van der Waals surface area contributed by atoms with E-state index in [2.05, 4.69) is 10.2 Å². The Kier molecular flexibility index (Phi) is 3.72. The molecule has 0 aliphatic rings. The van der Waals surface area contributed by atoms with E-state index in [1.165, 1.54) is 23.7 Å². The summed E-state index contributed by atoms with van der Waals surface area (Å²) in [6.07, 6.45) is 2.59. The Morgan fingerprint density at radius 1 is 1.56 bits per heavy atom. The molecular formula is C9H17N3O3S. The van der Waals surface area contributed by atoms with Gasteiger partial charge in [0.05, 0.1) is 6.20 Å². The van der Waals surface area contributed by atoms with Crippen molar-refractivity contribution in [1.29, 1.82) is 0 Å². The van der Waals surface area contributed by atoms with E-state index in [1.807, 2.05) is 0 Å². The molecule has 0 fully saturated rings. The van der Waals surface area contributed by atoms with Gasteiger partial charge in [0.25, 0.3) is 0 Å². The Morgan fingerprint density at radius 3 is 2.62 bits per heavy atom. The van der Waals surface area contributed by atoms with Crippen LogP contribution in [0.5, 0.6) is 0 Å². The Hall–Kier alpha value is -0.920. The summed E-state index contributed by atoms with van der Waals surface area (Å²) < 4.78 is 25.2. The molecule has 2 N–H and O–H groups in total. The van der Waals surface area contributed by atoms with Gasteiger partial charge in [0.1, 0.15) is 4.90 Å². The van der Waals surface area contributed by atoms with Crippen LogP contribution >= 0.6 is 0 Å². The van der Waals surface area contributed by atoms with E-state index in [0.29, 0.717) is 0 Å². The maximum atomic E-state index is 12.0. The highest BCUT2D eigenvalue weighted by atomic mass is 32.2. The Labute approximate surface area is 95.3 Å². The quantitative estimate of drug-likeness (QED) is 0.769. The highest BCUT2D eigenvalue weighted by Crippen LogP contribution is 2.20. The van der Waals surface area contributed by atoms with E-state index < -0.39 is 15.4 Å². The molecule has 1 heterocycles. The number of nitrogens with zero attached hydrogens (tertiary/aromatic N) is 2. The molecule has 0 aliphatic carbocycles. The van der Waals surface area contributed by atoms with Gasteiger partial charge in [0.15, 0.2) is 0 Å². The van der Waals surface area contributed by atoms with Gasteiger partial charge >= 0.3 is 0 Å². The van der Waals surface area contributed by atoms with Crippen molar-refractivity contribution in [3.8, 4) is 0 Å². The summed E-state index contributed by atoms with van der Waals surface area (Å²) in [5.41, 5.74) is -0.467. The molecule has 1 aromatic heterocycles. The zero-order valence-electron chi connectivity index (χ0n) is 9.64. The first-order valence-electron chi connectivity index (χ1n) is 4.85. The Bertz CT molecular complexity index is 425. The molecule has 0 amide bonds. The average molecular weight is 247 g/mol. The predicted octanol–water partition coefficient (Wildman–Crippen LogP) is 0.0487. The predicted molar refractivity (Wildman–Crippen MR) is 59.3 cm³/mol. The molecule has 0 aliphatic heterocycles. The molecule has 0 saturated carbocycles. The van der Waals surface area contributed by atoms with Gasteiger partial charge in [0.2, 0.25) is 10.0 Å². The molecular weight excluding hydrogens is 230 g/mol. The highest BCUT2D eigenvalue weighted by Gasteiger charge is 2.27. The summed E-state index contributed by atoms with van der Waals surface area (Å²) in [7, 11) is -2.02. The molecule has 0 spiro atoms. The lowest BCUT2D eigenvalue weighted by molar-refractivity contribution is 0.140. The number of sulfonamides is 1. The smallest absolute Gasteiger partial charge is 0.245 e. The van der Waals surface area contributed by atoms with Crippen molar-refractivity contribution in [3.63, 3.8) is 0 Å². The van der Waals surface area contributed by atoms with Crippen LogP contribution in [-0.2, 0) is 10.0 Å². The van der Waals surface area contributed by atoms with Gasteiger partial charge < -0.3 is 5.11 Å². The second-order valence-corrected chi connectivity index (χ2v) is 6.56. The first-order valence-corrected chi connectivity index (χ1v) is 6.29. The topological polar surface area (TPSA) is 86.3 Å².